The first-order valence-electron chi connectivity index (χ1n) is 9.44. The maximum absolute atomic E-state index is 12.8. The minimum absolute atomic E-state index is 0.282. The van der Waals surface area contributed by atoms with Crippen LogP contribution in [-0.4, -0.2) is 9.13 Å². The summed E-state index contributed by atoms with van der Waals surface area (Å²) in [6.07, 6.45) is 2.57. The molecule has 3 aromatic rings. The van der Waals surface area contributed by atoms with E-state index in [0.717, 1.165) is 39.8 Å². The smallest absolute Gasteiger partial charge is 0.293 e. The van der Waals surface area contributed by atoms with Gasteiger partial charge in [-0.25, -0.2) is 4.79 Å². The molecule has 0 bridgehead atoms. The number of nitrogens with zero attached hydrogens (tertiary/aromatic N) is 3. The molecule has 5 nitrogen and oxygen atoms in total. The Balaban J connectivity index is 2.14. The van der Waals surface area contributed by atoms with Crippen molar-refractivity contribution >= 4 is 0 Å². The van der Waals surface area contributed by atoms with Crippen LogP contribution in [0.5, 0.6) is 0 Å². The summed E-state index contributed by atoms with van der Waals surface area (Å²) < 4.78 is 2.81. The van der Waals surface area contributed by atoms with Crippen LogP contribution >= 0.6 is 0 Å². The van der Waals surface area contributed by atoms with E-state index in [1.54, 1.807) is 16.7 Å². The molecule has 2 aromatic carbocycles. The van der Waals surface area contributed by atoms with Crippen LogP contribution in [0.15, 0.2) is 64.2 Å². The molecule has 1 aromatic heterocycles. The van der Waals surface area contributed by atoms with E-state index in [1.807, 2.05) is 42.5 Å². The van der Waals surface area contributed by atoms with Crippen LogP contribution in [0.4, 0.5) is 0 Å². The highest BCUT2D eigenvalue weighted by atomic mass is 16.2. The number of nitriles is 1. The van der Waals surface area contributed by atoms with Crippen molar-refractivity contribution in [1.82, 2.24) is 9.13 Å². The summed E-state index contributed by atoms with van der Waals surface area (Å²) >= 11 is 0. The molecule has 0 unspecified atom stereocenters. The predicted octanol–water partition coefficient (Wildman–Crippen LogP) is 3.48. The van der Waals surface area contributed by atoms with Crippen LogP contribution in [-0.2, 0) is 20.0 Å². The molecule has 0 N–H and O–H groups in total. The van der Waals surface area contributed by atoms with E-state index in [2.05, 4.69) is 13.0 Å². The molecule has 0 spiro atoms. The van der Waals surface area contributed by atoms with Gasteiger partial charge in [0.2, 0.25) is 0 Å². The first-order chi connectivity index (χ1) is 13.6. The van der Waals surface area contributed by atoms with Gasteiger partial charge in [-0.2, -0.15) is 5.26 Å². The van der Waals surface area contributed by atoms with E-state index in [9.17, 15) is 14.9 Å². The summed E-state index contributed by atoms with van der Waals surface area (Å²) in [6, 6.07) is 19.0. The molecule has 3 rings (SSSR count). The molecule has 142 valence electrons. The molecule has 0 amide bonds. The highest BCUT2D eigenvalue weighted by Gasteiger charge is 2.13. The molecule has 0 saturated carbocycles. The van der Waals surface area contributed by atoms with Gasteiger partial charge >= 0.3 is 5.69 Å². The van der Waals surface area contributed by atoms with Gasteiger partial charge in [0, 0.05) is 18.8 Å². The van der Waals surface area contributed by atoms with Gasteiger partial charge < -0.3 is 0 Å². The Hall–Kier alpha value is -3.39. The van der Waals surface area contributed by atoms with Gasteiger partial charge in [0.05, 0.1) is 18.2 Å². The molecule has 0 saturated heterocycles. The summed E-state index contributed by atoms with van der Waals surface area (Å²) in [7, 11) is 1.50. The van der Waals surface area contributed by atoms with Crippen molar-refractivity contribution in [3.8, 4) is 17.2 Å². The van der Waals surface area contributed by atoms with Crippen molar-refractivity contribution in [2.45, 2.75) is 32.7 Å². The first-order valence-corrected chi connectivity index (χ1v) is 9.44. The molecular formula is C23H23N3O2. The number of unbranched alkanes of at least 4 members (excludes halogenated alkanes) is 1. The summed E-state index contributed by atoms with van der Waals surface area (Å²) in [4.78, 5) is 24.9. The third kappa shape index (κ3) is 3.81. The number of aromatic nitrogens is 2. The number of hydrogen-bond donors (Lipinski definition) is 0. The van der Waals surface area contributed by atoms with Crippen molar-refractivity contribution in [2.24, 2.45) is 7.05 Å². The zero-order valence-corrected chi connectivity index (χ0v) is 16.2. The predicted molar refractivity (Wildman–Crippen MR) is 110 cm³/mol. The second-order valence-electron chi connectivity index (χ2n) is 6.82. The topological polar surface area (TPSA) is 67.8 Å². The fourth-order valence-corrected chi connectivity index (χ4v) is 3.36. The Morgan fingerprint density at radius 2 is 1.68 bits per heavy atom. The van der Waals surface area contributed by atoms with Crippen LogP contribution < -0.4 is 11.2 Å². The zero-order chi connectivity index (χ0) is 20.1. The Labute approximate surface area is 164 Å². The van der Waals surface area contributed by atoms with Gasteiger partial charge in [0.25, 0.3) is 5.56 Å². The largest absolute Gasteiger partial charge is 0.331 e. The Morgan fingerprint density at radius 3 is 2.39 bits per heavy atom. The van der Waals surface area contributed by atoms with Crippen molar-refractivity contribution in [3.63, 3.8) is 0 Å². The van der Waals surface area contributed by atoms with Crippen molar-refractivity contribution in [1.29, 1.82) is 5.26 Å². The normalized spacial score (nSPS) is 10.6. The van der Waals surface area contributed by atoms with E-state index < -0.39 is 0 Å². The van der Waals surface area contributed by atoms with Crippen LogP contribution in [0.25, 0.3) is 11.1 Å². The lowest BCUT2D eigenvalue weighted by atomic mass is 9.95. The Bertz CT molecular complexity index is 1150. The fraction of sp³-hybridized carbons (Fsp3) is 0.261. The van der Waals surface area contributed by atoms with Gasteiger partial charge in [-0.1, -0.05) is 55.8 Å². The molecule has 5 heteroatoms. The minimum atomic E-state index is -0.318. The summed E-state index contributed by atoms with van der Waals surface area (Å²) in [5.74, 6) is 0. The second-order valence-corrected chi connectivity index (χ2v) is 6.82. The molecule has 0 aliphatic carbocycles. The first kappa shape index (κ1) is 19.4. The summed E-state index contributed by atoms with van der Waals surface area (Å²) in [5.41, 5.74) is 3.43. The van der Waals surface area contributed by atoms with Crippen LogP contribution in [0.3, 0.4) is 0 Å². The standard InChI is InChI=1S/C23H23N3O2/c1-3-4-11-19-14-22(27)25(2)23(28)26(19)16-18-10-6-8-13-21(18)20-12-7-5-9-17(20)15-24/h5-10,12-14H,3-4,11,16H2,1-2H3. The molecule has 1 heterocycles. The van der Waals surface area contributed by atoms with Gasteiger partial charge in [-0.15, -0.1) is 0 Å². The van der Waals surface area contributed by atoms with Gasteiger partial charge in [0.15, 0.2) is 0 Å². The maximum Gasteiger partial charge on any atom is 0.331 e. The third-order valence-electron chi connectivity index (χ3n) is 4.96. The van der Waals surface area contributed by atoms with E-state index in [0.29, 0.717) is 18.5 Å². The summed E-state index contributed by atoms with van der Waals surface area (Å²) in [5, 5.41) is 9.47. The fourth-order valence-electron chi connectivity index (χ4n) is 3.36. The highest BCUT2D eigenvalue weighted by molar-refractivity contribution is 5.73. The van der Waals surface area contributed by atoms with E-state index in [-0.39, 0.29) is 11.2 Å². The Morgan fingerprint density at radius 1 is 1.00 bits per heavy atom. The lowest BCUT2D eigenvalue weighted by Crippen LogP contribution is -2.39. The molecule has 0 fully saturated rings. The van der Waals surface area contributed by atoms with Crippen molar-refractivity contribution < 1.29 is 0 Å². The number of aryl methyl sites for hydroxylation is 1. The van der Waals surface area contributed by atoms with Gasteiger partial charge in [0.1, 0.15) is 0 Å². The lowest BCUT2D eigenvalue weighted by molar-refractivity contribution is 0.598. The molecule has 0 aliphatic heterocycles. The highest BCUT2D eigenvalue weighted by Crippen LogP contribution is 2.27. The average molecular weight is 373 g/mol. The molecular weight excluding hydrogens is 350 g/mol. The van der Waals surface area contributed by atoms with Gasteiger partial charge in [-0.05, 0) is 35.6 Å². The monoisotopic (exact) mass is 373 g/mol. The van der Waals surface area contributed by atoms with Crippen molar-refractivity contribution in [2.75, 3.05) is 0 Å². The van der Waals surface area contributed by atoms with E-state index in [1.165, 1.54) is 7.05 Å². The molecule has 0 aliphatic rings. The number of benzene rings is 2. The SMILES string of the molecule is CCCCc1cc(=O)n(C)c(=O)n1Cc1ccccc1-c1ccccc1C#N. The van der Waals surface area contributed by atoms with Crippen LogP contribution in [0, 0.1) is 11.3 Å². The number of rotatable bonds is 6. The number of hydrogen-bond acceptors (Lipinski definition) is 3. The lowest BCUT2D eigenvalue weighted by Gasteiger charge is -2.17. The van der Waals surface area contributed by atoms with E-state index >= 15 is 0 Å². The third-order valence-corrected chi connectivity index (χ3v) is 4.96. The van der Waals surface area contributed by atoms with Crippen LogP contribution in [0.2, 0.25) is 0 Å². The van der Waals surface area contributed by atoms with Crippen LogP contribution in [0.1, 0.15) is 36.6 Å². The second kappa shape index (κ2) is 8.53. The maximum atomic E-state index is 12.8. The quantitative estimate of drug-likeness (QED) is 0.664. The minimum Gasteiger partial charge on any atom is -0.293 e. The molecule has 28 heavy (non-hydrogen) atoms. The molecule has 0 atom stereocenters. The van der Waals surface area contributed by atoms with E-state index in [4.69, 9.17) is 0 Å². The zero-order valence-electron chi connectivity index (χ0n) is 16.2. The van der Waals surface area contributed by atoms with Gasteiger partial charge in [-0.3, -0.25) is 13.9 Å². The Kier molecular flexibility index (Phi) is 5.90. The summed E-state index contributed by atoms with van der Waals surface area (Å²) in [6.45, 7) is 2.43. The average Bonchev–Trinajstić information content (AvgIpc) is 2.73. The van der Waals surface area contributed by atoms with Crippen molar-refractivity contribution in [3.05, 3.63) is 92.3 Å². The molecule has 0 radical (unpaired) electrons.